The predicted molar refractivity (Wildman–Crippen MR) is 62.7 cm³/mol. The van der Waals surface area contributed by atoms with Gasteiger partial charge in [0.1, 0.15) is 18.2 Å². The van der Waals surface area contributed by atoms with Crippen molar-refractivity contribution in [1.82, 2.24) is 4.98 Å². The first-order valence-electron chi connectivity index (χ1n) is 4.72. The van der Waals surface area contributed by atoms with E-state index in [1.165, 1.54) is 12.1 Å². The van der Waals surface area contributed by atoms with Gasteiger partial charge in [-0.05, 0) is 35.9 Å². The van der Waals surface area contributed by atoms with Gasteiger partial charge in [-0.25, -0.2) is 4.39 Å². The van der Waals surface area contributed by atoms with Gasteiger partial charge in [0, 0.05) is 10.7 Å². The highest BCUT2D eigenvalue weighted by Gasteiger charge is 2.00. The molecule has 0 saturated carbocycles. The van der Waals surface area contributed by atoms with Gasteiger partial charge >= 0.3 is 0 Å². The van der Waals surface area contributed by atoms with Crippen molar-refractivity contribution in [1.29, 1.82) is 0 Å². The Hall–Kier alpha value is -1.42. The first-order chi connectivity index (χ1) is 7.74. The zero-order chi connectivity index (χ0) is 11.4. The van der Waals surface area contributed by atoms with Crippen molar-refractivity contribution in [3.05, 3.63) is 58.6 Å². The first kappa shape index (κ1) is 11.1. The van der Waals surface area contributed by atoms with Crippen molar-refractivity contribution in [2.45, 2.75) is 6.61 Å². The van der Waals surface area contributed by atoms with E-state index >= 15 is 0 Å². The lowest BCUT2D eigenvalue weighted by molar-refractivity contribution is 0.304. The number of benzene rings is 1. The smallest absolute Gasteiger partial charge is 0.138 e. The van der Waals surface area contributed by atoms with Crippen molar-refractivity contribution in [2.75, 3.05) is 0 Å². The van der Waals surface area contributed by atoms with Gasteiger partial charge in [0.2, 0.25) is 0 Å². The Labute approximate surface area is 101 Å². The van der Waals surface area contributed by atoms with Crippen LogP contribution in [0.25, 0.3) is 0 Å². The minimum atomic E-state index is -0.279. The van der Waals surface area contributed by atoms with Crippen LogP contribution in [0.5, 0.6) is 5.75 Å². The topological polar surface area (TPSA) is 22.1 Å². The molecule has 0 unspecified atom stereocenters. The van der Waals surface area contributed by atoms with Gasteiger partial charge in [-0.15, -0.1) is 0 Å². The summed E-state index contributed by atoms with van der Waals surface area (Å²) < 4.78 is 19.2. The minimum Gasteiger partial charge on any atom is -0.487 e. The monoisotopic (exact) mass is 281 g/mol. The van der Waals surface area contributed by atoms with Crippen LogP contribution in [0.4, 0.5) is 4.39 Å². The largest absolute Gasteiger partial charge is 0.487 e. The molecule has 0 aliphatic rings. The number of hydrogen-bond donors (Lipinski definition) is 0. The first-order valence-corrected chi connectivity index (χ1v) is 5.51. The standard InChI is InChI=1S/C12H9BrFNO/c13-10-4-9(5-11(14)6-10)8-16-12-2-1-3-15-7-12/h1-7H,8H2. The molecule has 0 amide bonds. The second-order valence-corrected chi connectivity index (χ2v) is 4.17. The molecule has 0 bridgehead atoms. The van der Waals surface area contributed by atoms with Crippen molar-refractivity contribution in [3.63, 3.8) is 0 Å². The summed E-state index contributed by atoms with van der Waals surface area (Å²) in [7, 11) is 0. The maximum absolute atomic E-state index is 13.1. The summed E-state index contributed by atoms with van der Waals surface area (Å²) in [6, 6.07) is 8.27. The zero-order valence-corrected chi connectivity index (χ0v) is 9.95. The Balaban J connectivity index is 2.05. The maximum Gasteiger partial charge on any atom is 0.138 e. The fraction of sp³-hybridized carbons (Fsp3) is 0.0833. The van der Waals surface area contributed by atoms with Gasteiger partial charge < -0.3 is 4.74 Å². The molecule has 0 N–H and O–H groups in total. The fourth-order valence-electron chi connectivity index (χ4n) is 1.29. The van der Waals surface area contributed by atoms with Gasteiger partial charge in [-0.3, -0.25) is 4.98 Å². The molecule has 2 nitrogen and oxygen atoms in total. The highest BCUT2D eigenvalue weighted by atomic mass is 79.9. The van der Waals surface area contributed by atoms with Gasteiger partial charge in [0.25, 0.3) is 0 Å². The maximum atomic E-state index is 13.1. The van der Waals surface area contributed by atoms with Crippen LogP contribution in [-0.2, 0) is 6.61 Å². The van der Waals surface area contributed by atoms with E-state index in [9.17, 15) is 4.39 Å². The predicted octanol–water partition coefficient (Wildman–Crippen LogP) is 3.56. The number of halogens is 2. The van der Waals surface area contributed by atoms with Crippen molar-refractivity contribution < 1.29 is 9.13 Å². The molecular formula is C12H9BrFNO. The Kier molecular flexibility index (Phi) is 3.51. The molecule has 0 saturated heterocycles. The molecule has 2 aromatic rings. The second-order valence-electron chi connectivity index (χ2n) is 3.26. The molecule has 4 heteroatoms. The van der Waals surface area contributed by atoms with Crippen molar-refractivity contribution in [2.24, 2.45) is 0 Å². The minimum absolute atomic E-state index is 0.279. The molecule has 2 rings (SSSR count). The lowest BCUT2D eigenvalue weighted by Crippen LogP contribution is -1.96. The van der Waals surface area contributed by atoms with Crippen LogP contribution in [0, 0.1) is 5.82 Å². The van der Waals surface area contributed by atoms with Crippen LogP contribution in [-0.4, -0.2) is 4.98 Å². The Morgan fingerprint density at radius 1 is 1.31 bits per heavy atom. The summed E-state index contributed by atoms with van der Waals surface area (Å²) in [6.07, 6.45) is 3.29. The number of nitrogens with zero attached hydrogens (tertiary/aromatic N) is 1. The molecule has 0 fully saturated rings. The van der Waals surface area contributed by atoms with E-state index in [1.807, 2.05) is 6.07 Å². The van der Waals surface area contributed by atoms with E-state index in [2.05, 4.69) is 20.9 Å². The number of rotatable bonds is 3. The zero-order valence-electron chi connectivity index (χ0n) is 8.36. The summed E-state index contributed by atoms with van der Waals surface area (Å²) in [5, 5.41) is 0. The average Bonchev–Trinajstić information content (AvgIpc) is 2.27. The Bertz CT molecular complexity index is 455. The third-order valence-corrected chi connectivity index (χ3v) is 2.42. The Morgan fingerprint density at radius 3 is 2.88 bits per heavy atom. The molecule has 82 valence electrons. The molecule has 16 heavy (non-hydrogen) atoms. The SMILES string of the molecule is Fc1cc(Br)cc(COc2cccnc2)c1. The van der Waals surface area contributed by atoms with E-state index in [0.717, 1.165) is 5.56 Å². The molecule has 0 aliphatic heterocycles. The van der Waals surface area contributed by atoms with Gasteiger partial charge in [-0.2, -0.15) is 0 Å². The summed E-state index contributed by atoms with van der Waals surface area (Å²) in [5.74, 6) is 0.391. The highest BCUT2D eigenvalue weighted by Crippen LogP contribution is 2.16. The fourth-order valence-corrected chi connectivity index (χ4v) is 1.81. The molecule has 1 heterocycles. The van der Waals surface area contributed by atoms with E-state index in [0.29, 0.717) is 16.8 Å². The van der Waals surface area contributed by atoms with Crippen molar-refractivity contribution >= 4 is 15.9 Å². The highest BCUT2D eigenvalue weighted by molar-refractivity contribution is 9.10. The summed E-state index contributed by atoms with van der Waals surface area (Å²) in [5.41, 5.74) is 0.774. The third kappa shape index (κ3) is 3.03. The normalized spacial score (nSPS) is 10.1. The molecular weight excluding hydrogens is 273 g/mol. The number of pyridine rings is 1. The van der Waals surface area contributed by atoms with E-state index in [4.69, 9.17) is 4.74 Å². The molecule has 1 aromatic carbocycles. The molecule has 1 aromatic heterocycles. The van der Waals surface area contributed by atoms with Crippen LogP contribution in [0.2, 0.25) is 0 Å². The average molecular weight is 282 g/mol. The lowest BCUT2D eigenvalue weighted by Gasteiger charge is -2.06. The molecule has 0 aliphatic carbocycles. The van der Waals surface area contributed by atoms with Crippen LogP contribution in [0.3, 0.4) is 0 Å². The molecule has 0 radical (unpaired) electrons. The van der Waals surface area contributed by atoms with Crippen LogP contribution in [0.1, 0.15) is 5.56 Å². The summed E-state index contributed by atoms with van der Waals surface area (Å²) in [4.78, 5) is 3.92. The van der Waals surface area contributed by atoms with Crippen LogP contribution >= 0.6 is 15.9 Å². The summed E-state index contributed by atoms with van der Waals surface area (Å²) >= 11 is 3.23. The number of aromatic nitrogens is 1. The van der Waals surface area contributed by atoms with Crippen LogP contribution in [0.15, 0.2) is 47.2 Å². The van der Waals surface area contributed by atoms with E-state index < -0.39 is 0 Å². The van der Waals surface area contributed by atoms with Gasteiger partial charge in [0.15, 0.2) is 0 Å². The van der Waals surface area contributed by atoms with Crippen LogP contribution < -0.4 is 4.74 Å². The second kappa shape index (κ2) is 5.07. The lowest BCUT2D eigenvalue weighted by atomic mass is 10.2. The quantitative estimate of drug-likeness (QED) is 0.858. The Morgan fingerprint density at radius 2 is 2.19 bits per heavy atom. The van der Waals surface area contributed by atoms with E-state index in [-0.39, 0.29) is 5.82 Å². The molecule has 0 spiro atoms. The van der Waals surface area contributed by atoms with Gasteiger partial charge in [0.05, 0.1) is 6.20 Å². The van der Waals surface area contributed by atoms with Gasteiger partial charge in [-0.1, -0.05) is 15.9 Å². The number of ether oxygens (including phenoxy) is 1. The summed E-state index contributed by atoms with van der Waals surface area (Å²) in [6.45, 7) is 0.321. The third-order valence-electron chi connectivity index (χ3n) is 1.96. The molecule has 0 atom stereocenters. The van der Waals surface area contributed by atoms with E-state index in [1.54, 1.807) is 24.5 Å². The number of hydrogen-bond acceptors (Lipinski definition) is 2. The van der Waals surface area contributed by atoms with Crippen molar-refractivity contribution in [3.8, 4) is 5.75 Å².